The van der Waals surface area contributed by atoms with Crippen molar-refractivity contribution in [2.45, 2.75) is 13.0 Å². The lowest BCUT2D eigenvalue weighted by Gasteiger charge is -2.15. The summed E-state index contributed by atoms with van der Waals surface area (Å²) < 4.78 is 38.7. The molecular formula is C22H20F2N2O3S. The van der Waals surface area contributed by atoms with Crippen molar-refractivity contribution in [3.8, 4) is 5.75 Å². The van der Waals surface area contributed by atoms with Gasteiger partial charge in [-0.05, 0) is 48.9 Å². The van der Waals surface area contributed by atoms with E-state index in [1.807, 2.05) is 6.92 Å². The third kappa shape index (κ3) is 5.71. The second-order valence-corrected chi connectivity index (χ2v) is 7.33. The lowest BCUT2D eigenvalue weighted by molar-refractivity contribution is 0.0917. The Hall–Kier alpha value is -3.10. The van der Waals surface area contributed by atoms with Crippen LogP contribution in [0.5, 0.6) is 5.75 Å². The second kappa shape index (κ2) is 10.1. The quantitative estimate of drug-likeness (QED) is 0.496. The average molecular weight is 430 g/mol. The number of carbonyl (C=O) groups excluding carboxylic acids is 1. The Kier molecular flexibility index (Phi) is 7.26. The fourth-order valence-corrected chi connectivity index (χ4v) is 3.25. The van der Waals surface area contributed by atoms with E-state index in [9.17, 15) is 13.6 Å². The van der Waals surface area contributed by atoms with Gasteiger partial charge in [-0.3, -0.25) is 10.1 Å². The number of nitrogens with zero attached hydrogens (tertiary/aromatic N) is 1. The molecule has 1 heterocycles. The van der Waals surface area contributed by atoms with Crippen molar-refractivity contribution in [2.24, 2.45) is 0 Å². The molecule has 1 amide bonds. The van der Waals surface area contributed by atoms with E-state index in [2.05, 4.69) is 10.3 Å². The number of halogens is 2. The van der Waals surface area contributed by atoms with E-state index in [0.717, 1.165) is 0 Å². The summed E-state index contributed by atoms with van der Waals surface area (Å²) in [5.41, 5.74) is 0.704. The van der Waals surface area contributed by atoms with E-state index in [4.69, 9.17) is 9.47 Å². The number of hydrogen-bond donors (Lipinski definition) is 1. The number of amides is 1. The first kappa shape index (κ1) is 21.6. The summed E-state index contributed by atoms with van der Waals surface area (Å²) in [6, 6.07) is 8.54. The highest BCUT2D eigenvalue weighted by molar-refractivity contribution is 7.13. The molecule has 0 saturated carbocycles. The van der Waals surface area contributed by atoms with Crippen LogP contribution in [0.4, 0.5) is 13.9 Å². The van der Waals surface area contributed by atoms with Gasteiger partial charge in [0.2, 0.25) is 0 Å². The maximum absolute atomic E-state index is 13.9. The summed E-state index contributed by atoms with van der Waals surface area (Å²) in [6.45, 7) is 2.19. The molecule has 2 aromatic carbocycles. The summed E-state index contributed by atoms with van der Waals surface area (Å²) >= 11 is 1.29. The molecule has 30 heavy (non-hydrogen) atoms. The van der Waals surface area contributed by atoms with E-state index in [1.54, 1.807) is 36.9 Å². The molecule has 3 aromatic rings. The fraction of sp³-hybridized carbons (Fsp3) is 0.182. The largest absolute Gasteiger partial charge is 0.488 e. The average Bonchev–Trinajstić information content (AvgIpc) is 3.20. The van der Waals surface area contributed by atoms with Crippen LogP contribution in [0.2, 0.25) is 0 Å². The fourth-order valence-electron chi connectivity index (χ4n) is 2.72. The molecule has 1 atom stereocenters. The number of carbonyl (C=O) groups is 1. The Morgan fingerprint density at radius 2 is 2.00 bits per heavy atom. The molecule has 5 nitrogen and oxygen atoms in total. The van der Waals surface area contributed by atoms with Gasteiger partial charge in [0.25, 0.3) is 5.91 Å². The zero-order valence-electron chi connectivity index (χ0n) is 16.4. The van der Waals surface area contributed by atoms with Crippen LogP contribution in [0.3, 0.4) is 0 Å². The van der Waals surface area contributed by atoms with Gasteiger partial charge in [0.15, 0.2) is 5.13 Å². The maximum atomic E-state index is 13.9. The standard InChI is InChI=1S/C22H20F2N2O3S/c1-14(13-28-2)29-17-11-15(6-7-18-19(23)4-3-5-20(18)24)10-16(12-17)21(27)26-22-25-8-9-30-22/h3-12,14H,13H2,1-2H3,(H,25,26,27)/t14-/m0/s1. The third-order valence-corrected chi connectivity index (χ3v) is 4.71. The molecule has 0 spiro atoms. The topological polar surface area (TPSA) is 60.5 Å². The summed E-state index contributed by atoms with van der Waals surface area (Å²) in [5, 5.41) is 4.92. The minimum atomic E-state index is -0.672. The Balaban J connectivity index is 1.92. The highest BCUT2D eigenvalue weighted by Gasteiger charge is 2.13. The third-order valence-electron chi connectivity index (χ3n) is 4.02. The molecule has 0 bridgehead atoms. The van der Waals surface area contributed by atoms with Crippen molar-refractivity contribution in [3.05, 3.63) is 76.3 Å². The second-order valence-electron chi connectivity index (χ2n) is 6.43. The lowest BCUT2D eigenvalue weighted by Crippen LogP contribution is -2.18. The molecule has 0 aliphatic heterocycles. The van der Waals surface area contributed by atoms with Crippen molar-refractivity contribution in [1.82, 2.24) is 4.98 Å². The molecule has 0 aliphatic carbocycles. The van der Waals surface area contributed by atoms with E-state index < -0.39 is 11.6 Å². The van der Waals surface area contributed by atoms with Crippen LogP contribution < -0.4 is 10.1 Å². The first-order chi connectivity index (χ1) is 14.5. The molecule has 1 aromatic heterocycles. The zero-order valence-corrected chi connectivity index (χ0v) is 17.2. The summed E-state index contributed by atoms with van der Waals surface area (Å²) in [6.07, 6.45) is 4.18. The molecule has 0 fully saturated rings. The molecule has 0 aliphatic rings. The minimum absolute atomic E-state index is 0.162. The first-order valence-corrected chi connectivity index (χ1v) is 9.98. The lowest BCUT2D eigenvalue weighted by atomic mass is 10.1. The number of ether oxygens (including phenoxy) is 2. The highest BCUT2D eigenvalue weighted by Crippen LogP contribution is 2.23. The van der Waals surface area contributed by atoms with Crippen LogP contribution in [0.1, 0.15) is 28.4 Å². The van der Waals surface area contributed by atoms with Crippen LogP contribution in [-0.2, 0) is 4.74 Å². The van der Waals surface area contributed by atoms with Crippen molar-refractivity contribution >= 4 is 34.5 Å². The van der Waals surface area contributed by atoms with Crippen LogP contribution in [0, 0.1) is 11.6 Å². The summed E-state index contributed by atoms with van der Waals surface area (Å²) in [5.74, 6) is -1.29. The first-order valence-electron chi connectivity index (χ1n) is 9.10. The molecule has 8 heteroatoms. The monoisotopic (exact) mass is 430 g/mol. The minimum Gasteiger partial charge on any atom is -0.488 e. The van der Waals surface area contributed by atoms with Crippen molar-refractivity contribution in [1.29, 1.82) is 0 Å². The van der Waals surface area contributed by atoms with Gasteiger partial charge in [0.05, 0.1) is 6.61 Å². The van der Waals surface area contributed by atoms with Crippen LogP contribution in [-0.4, -0.2) is 30.7 Å². The van der Waals surface area contributed by atoms with E-state index in [1.165, 1.54) is 41.7 Å². The van der Waals surface area contributed by atoms with Gasteiger partial charge in [-0.15, -0.1) is 11.3 Å². The number of rotatable bonds is 8. The Morgan fingerprint density at radius 3 is 2.67 bits per heavy atom. The van der Waals surface area contributed by atoms with Gasteiger partial charge in [-0.1, -0.05) is 12.1 Å². The molecular weight excluding hydrogens is 410 g/mol. The normalized spacial score (nSPS) is 12.1. The van der Waals surface area contributed by atoms with Crippen molar-refractivity contribution in [2.75, 3.05) is 19.0 Å². The van der Waals surface area contributed by atoms with Gasteiger partial charge in [0, 0.05) is 29.8 Å². The Morgan fingerprint density at radius 1 is 1.23 bits per heavy atom. The molecule has 156 valence electrons. The number of nitrogens with one attached hydrogen (secondary N) is 1. The van der Waals surface area contributed by atoms with Gasteiger partial charge in [-0.25, -0.2) is 13.8 Å². The van der Waals surface area contributed by atoms with Crippen LogP contribution in [0.15, 0.2) is 48.0 Å². The predicted molar refractivity (Wildman–Crippen MR) is 114 cm³/mol. The molecule has 0 unspecified atom stereocenters. The molecule has 1 N–H and O–H groups in total. The summed E-state index contributed by atoms with van der Waals surface area (Å²) in [4.78, 5) is 16.7. The van der Waals surface area contributed by atoms with Crippen molar-refractivity contribution < 1.29 is 23.0 Å². The number of aromatic nitrogens is 1. The molecule has 0 saturated heterocycles. The van der Waals surface area contributed by atoms with Crippen LogP contribution in [0.25, 0.3) is 12.2 Å². The number of hydrogen-bond acceptors (Lipinski definition) is 5. The SMILES string of the molecule is COC[C@H](C)Oc1cc(C=Cc2c(F)cccc2F)cc(C(=O)Nc2nccs2)c1. The predicted octanol–water partition coefficient (Wildman–Crippen LogP) is 5.26. The highest BCUT2D eigenvalue weighted by atomic mass is 32.1. The zero-order chi connectivity index (χ0) is 21.5. The van der Waals surface area contributed by atoms with E-state index in [0.29, 0.717) is 28.6 Å². The smallest absolute Gasteiger partial charge is 0.257 e. The Labute approximate surface area is 177 Å². The van der Waals surface area contributed by atoms with E-state index in [-0.39, 0.29) is 17.6 Å². The van der Waals surface area contributed by atoms with Gasteiger partial charge < -0.3 is 9.47 Å². The summed E-state index contributed by atoms with van der Waals surface area (Å²) in [7, 11) is 1.56. The maximum Gasteiger partial charge on any atom is 0.257 e. The number of benzene rings is 2. The number of anilines is 1. The molecule has 0 radical (unpaired) electrons. The van der Waals surface area contributed by atoms with Gasteiger partial charge in [0.1, 0.15) is 23.5 Å². The number of methoxy groups -OCH3 is 1. The molecule has 3 rings (SSSR count). The van der Waals surface area contributed by atoms with E-state index >= 15 is 0 Å². The van der Waals surface area contributed by atoms with Crippen molar-refractivity contribution in [3.63, 3.8) is 0 Å². The Bertz CT molecular complexity index is 1020. The van der Waals surface area contributed by atoms with Crippen LogP contribution >= 0.6 is 11.3 Å². The van der Waals surface area contributed by atoms with Gasteiger partial charge >= 0.3 is 0 Å². The number of thiazole rings is 1. The van der Waals surface area contributed by atoms with Gasteiger partial charge in [-0.2, -0.15) is 0 Å².